The first-order chi connectivity index (χ1) is 6.54. The van der Waals surface area contributed by atoms with E-state index in [1.54, 1.807) is 19.9 Å². The Labute approximate surface area is 81.5 Å². The van der Waals surface area contributed by atoms with Gasteiger partial charge in [0.25, 0.3) is 0 Å². The molecular formula is C10H12O4. The number of aliphatic hydroxyl groups excluding tert-OH is 1. The first-order valence-corrected chi connectivity index (χ1v) is 4.16. The molecule has 0 aliphatic carbocycles. The predicted molar refractivity (Wildman–Crippen MR) is 51.1 cm³/mol. The van der Waals surface area contributed by atoms with E-state index in [1.165, 1.54) is 6.07 Å². The second-order valence-electron chi connectivity index (χ2n) is 3.07. The summed E-state index contributed by atoms with van der Waals surface area (Å²) in [6.07, 6.45) is 1.61. The molecule has 76 valence electrons. The van der Waals surface area contributed by atoms with Crippen molar-refractivity contribution in [3.8, 4) is 0 Å². The lowest BCUT2D eigenvalue weighted by Crippen LogP contribution is -1.94. The topological polar surface area (TPSA) is 70.7 Å². The van der Waals surface area contributed by atoms with Crippen LogP contribution in [0.3, 0.4) is 0 Å². The molecule has 0 unspecified atom stereocenters. The van der Waals surface area contributed by atoms with Crippen molar-refractivity contribution in [2.75, 3.05) is 6.61 Å². The summed E-state index contributed by atoms with van der Waals surface area (Å²) in [5, 5.41) is 17.5. The summed E-state index contributed by atoms with van der Waals surface area (Å²) >= 11 is 0. The van der Waals surface area contributed by atoms with Crippen molar-refractivity contribution in [3.63, 3.8) is 0 Å². The number of carboxylic acids is 1. The van der Waals surface area contributed by atoms with E-state index < -0.39 is 5.97 Å². The van der Waals surface area contributed by atoms with Gasteiger partial charge in [-0.3, -0.25) is 0 Å². The van der Waals surface area contributed by atoms with Crippen LogP contribution < -0.4 is 0 Å². The number of aryl methyl sites for hydroxylation is 1. The zero-order valence-corrected chi connectivity index (χ0v) is 8.07. The second-order valence-corrected chi connectivity index (χ2v) is 3.07. The molecule has 4 nitrogen and oxygen atoms in total. The van der Waals surface area contributed by atoms with Gasteiger partial charge in [0.2, 0.25) is 0 Å². The van der Waals surface area contributed by atoms with Crippen LogP contribution in [-0.2, 0) is 0 Å². The smallest absolute Gasteiger partial charge is 0.339 e. The van der Waals surface area contributed by atoms with Crippen molar-refractivity contribution in [1.82, 2.24) is 0 Å². The Morgan fingerprint density at radius 2 is 2.29 bits per heavy atom. The van der Waals surface area contributed by atoms with E-state index in [2.05, 4.69) is 0 Å². The summed E-state index contributed by atoms with van der Waals surface area (Å²) in [5.74, 6) is -0.187. The van der Waals surface area contributed by atoms with Gasteiger partial charge in [-0.15, -0.1) is 0 Å². The number of aliphatic hydroxyl groups is 1. The summed E-state index contributed by atoms with van der Waals surface area (Å²) in [6.45, 7) is 3.26. The van der Waals surface area contributed by atoms with Gasteiger partial charge in [-0.25, -0.2) is 4.79 Å². The van der Waals surface area contributed by atoms with Crippen LogP contribution in [0.4, 0.5) is 0 Å². The first kappa shape index (κ1) is 10.5. The van der Waals surface area contributed by atoms with Gasteiger partial charge in [-0.05, 0) is 31.6 Å². The molecular weight excluding hydrogens is 184 g/mol. The highest BCUT2D eigenvalue weighted by atomic mass is 16.4. The van der Waals surface area contributed by atoms with Gasteiger partial charge in [0.15, 0.2) is 0 Å². The van der Waals surface area contributed by atoms with Gasteiger partial charge in [0, 0.05) is 0 Å². The highest BCUT2D eigenvalue weighted by Crippen LogP contribution is 2.16. The molecule has 0 saturated heterocycles. The lowest BCUT2D eigenvalue weighted by Gasteiger charge is -1.90. The lowest BCUT2D eigenvalue weighted by molar-refractivity contribution is 0.0695. The van der Waals surface area contributed by atoms with Crippen LogP contribution >= 0.6 is 0 Å². The summed E-state index contributed by atoms with van der Waals surface area (Å²) in [5.41, 5.74) is 0.873. The fourth-order valence-corrected chi connectivity index (χ4v) is 1.08. The molecule has 0 bridgehead atoms. The Bertz CT molecular complexity index is 373. The van der Waals surface area contributed by atoms with Gasteiger partial charge < -0.3 is 14.6 Å². The zero-order chi connectivity index (χ0) is 10.7. The molecule has 1 aromatic rings. The lowest BCUT2D eigenvalue weighted by atomic mass is 10.2. The van der Waals surface area contributed by atoms with Crippen molar-refractivity contribution in [2.45, 2.75) is 13.8 Å². The molecule has 2 N–H and O–H groups in total. The number of hydrogen-bond donors (Lipinski definition) is 2. The normalized spacial score (nSPS) is 11.8. The van der Waals surface area contributed by atoms with Crippen LogP contribution in [-0.4, -0.2) is 22.8 Å². The Morgan fingerprint density at radius 3 is 2.71 bits per heavy atom. The molecule has 1 rings (SSSR count). The Hall–Kier alpha value is -1.55. The van der Waals surface area contributed by atoms with Gasteiger partial charge in [0.05, 0.1) is 6.61 Å². The van der Waals surface area contributed by atoms with Crippen molar-refractivity contribution in [2.24, 2.45) is 0 Å². The third-order valence-electron chi connectivity index (χ3n) is 1.81. The van der Waals surface area contributed by atoms with E-state index >= 15 is 0 Å². The third-order valence-corrected chi connectivity index (χ3v) is 1.81. The summed E-state index contributed by atoms with van der Waals surface area (Å²) in [6, 6.07) is 1.44. The van der Waals surface area contributed by atoms with E-state index in [1.807, 2.05) is 0 Å². The van der Waals surface area contributed by atoms with Crippen molar-refractivity contribution in [3.05, 3.63) is 28.7 Å². The Balaban J connectivity index is 3.03. The molecule has 0 saturated carbocycles. The SMILES string of the molecule is CC(=Cc1cc(C(=O)O)c(C)o1)CO. The van der Waals surface area contributed by atoms with E-state index in [0.29, 0.717) is 11.5 Å². The standard InChI is InChI=1S/C10H12O4/c1-6(5-11)3-8-4-9(10(12)13)7(2)14-8/h3-4,11H,5H2,1-2H3,(H,12,13). The quantitative estimate of drug-likeness (QED) is 0.771. The molecule has 1 aromatic heterocycles. The van der Waals surface area contributed by atoms with Gasteiger partial charge in [0.1, 0.15) is 17.1 Å². The van der Waals surface area contributed by atoms with Crippen LogP contribution in [0.25, 0.3) is 6.08 Å². The Kier molecular flexibility index (Phi) is 3.09. The minimum atomic E-state index is -1.01. The first-order valence-electron chi connectivity index (χ1n) is 4.16. The van der Waals surface area contributed by atoms with Crippen LogP contribution in [0.5, 0.6) is 0 Å². The number of carbonyl (C=O) groups is 1. The summed E-state index contributed by atoms with van der Waals surface area (Å²) < 4.78 is 5.18. The molecule has 0 fully saturated rings. The molecule has 0 aliphatic rings. The molecule has 14 heavy (non-hydrogen) atoms. The molecule has 0 aromatic carbocycles. The van der Waals surface area contributed by atoms with E-state index in [0.717, 1.165) is 5.57 Å². The number of carboxylic acid groups (broad SMARTS) is 1. The van der Waals surface area contributed by atoms with E-state index in [9.17, 15) is 4.79 Å². The van der Waals surface area contributed by atoms with Crippen LogP contribution in [0.15, 0.2) is 16.1 Å². The summed E-state index contributed by atoms with van der Waals surface area (Å²) in [7, 11) is 0. The second kappa shape index (κ2) is 4.11. The molecule has 0 amide bonds. The van der Waals surface area contributed by atoms with E-state index in [4.69, 9.17) is 14.6 Å². The van der Waals surface area contributed by atoms with E-state index in [-0.39, 0.29) is 12.2 Å². The van der Waals surface area contributed by atoms with Gasteiger partial charge in [-0.2, -0.15) is 0 Å². The van der Waals surface area contributed by atoms with Crippen LogP contribution in [0.2, 0.25) is 0 Å². The van der Waals surface area contributed by atoms with Crippen molar-refractivity contribution < 1.29 is 19.4 Å². The van der Waals surface area contributed by atoms with Crippen LogP contribution in [0, 0.1) is 6.92 Å². The number of furan rings is 1. The monoisotopic (exact) mass is 196 g/mol. The average molecular weight is 196 g/mol. The Morgan fingerprint density at radius 1 is 1.64 bits per heavy atom. The minimum absolute atomic E-state index is 0.0673. The molecule has 0 spiro atoms. The zero-order valence-electron chi connectivity index (χ0n) is 8.07. The molecule has 0 aliphatic heterocycles. The van der Waals surface area contributed by atoms with Crippen molar-refractivity contribution in [1.29, 1.82) is 0 Å². The number of aromatic carboxylic acids is 1. The number of hydrogen-bond acceptors (Lipinski definition) is 3. The highest BCUT2D eigenvalue weighted by molar-refractivity contribution is 5.89. The molecule has 1 heterocycles. The summed E-state index contributed by atoms with van der Waals surface area (Å²) in [4.78, 5) is 10.7. The van der Waals surface area contributed by atoms with Gasteiger partial charge >= 0.3 is 5.97 Å². The van der Waals surface area contributed by atoms with Crippen LogP contribution in [0.1, 0.15) is 28.8 Å². The maximum Gasteiger partial charge on any atom is 0.339 e. The maximum absolute atomic E-state index is 10.7. The highest BCUT2D eigenvalue weighted by Gasteiger charge is 2.12. The van der Waals surface area contributed by atoms with Gasteiger partial charge in [-0.1, -0.05) is 0 Å². The molecule has 4 heteroatoms. The maximum atomic E-state index is 10.7. The minimum Gasteiger partial charge on any atom is -0.478 e. The largest absolute Gasteiger partial charge is 0.478 e. The average Bonchev–Trinajstić information content (AvgIpc) is 2.46. The fourth-order valence-electron chi connectivity index (χ4n) is 1.08. The van der Waals surface area contributed by atoms with Crippen molar-refractivity contribution >= 4 is 12.0 Å². The third kappa shape index (κ3) is 2.23. The molecule has 0 radical (unpaired) electrons. The predicted octanol–water partition coefficient (Wildman–Crippen LogP) is 1.68. The fraction of sp³-hybridized carbons (Fsp3) is 0.300. The molecule has 0 atom stereocenters. The number of rotatable bonds is 3.